The standard InChI is InChI=1S/C13H8Cl2N2O/c1-7-8(2)17(13(18)9(7)6-16)12-10(14)4-3-5-11(12)15/h3-5H,2H2,1H3. The Bertz CT molecular complexity index is 621. The predicted molar refractivity (Wildman–Crippen MR) is 71.4 cm³/mol. The number of nitrogens with zero attached hydrogens (tertiary/aromatic N) is 2. The maximum absolute atomic E-state index is 12.1. The maximum atomic E-state index is 12.1. The van der Waals surface area contributed by atoms with E-state index in [1.807, 2.05) is 6.07 Å². The molecule has 1 aromatic rings. The Labute approximate surface area is 115 Å². The van der Waals surface area contributed by atoms with E-state index in [1.54, 1.807) is 25.1 Å². The third-order valence-corrected chi connectivity index (χ3v) is 3.38. The van der Waals surface area contributed by atoms with Crippen molar-refractivity contribution in [3.8, 4) is 6.07 Å². The largest absolute Gasteiger partial charge is 0.274 e. The Morgan fingerprint density at radius 3 is 2.33 bits per heavy atom. The van der Waals surface area contributed by atoms with Crippen LogP contribution in [0, 0.1) is 11.3 Å². The molecule has 1 aliphatic heterocycles. The van der Waals surface area contributed by atoms with E-state index in [9.17, 15) is 4.79 Å². The molecule has 0 unspecified atom stereocenters. The average Bonchev–Trinajstić information content (AvgIpc) is 2.53. The zero-order valence-corrected chi connectivity index (χ0v) is 11.0. The number of rotatable bonds is 1. The van der Waals surface area contributed by atoms with Crippen molar-refractivity contribution in [2.24, 2.45) is 0 Å². The summed E-state index contributed by atoms with van der Waals surface area (Å²) in [6, 6.07) is 6.81. The fourth-order valence-corrected chi connectivity index (χ4v) is 2.34. The van der Waals surface area contributed by atoms with Crippen LogP contribution in [0.25, 0.3) is 0 Å². The van der Waals surface area contributed by atoms with Crippen LogP contribution in [-0.2, 0) is 4.79 Å². The first-order valence-corrected chi connectivity index (χ1v) is 5.83. The van der Waals surface area contributed by atoms with Crippen molar-refractivity contribution in [2.45, 2.75) is 6.92 Å². The number of hydrogen-bond donors (Lipinski definition) is 0. The quantitative estimate of drug-likeness (QED) is 0.786. The van der Waals surface area contributed by atoms with Crippen LogP contribution < -0.4 is 4.90 Å². The second-order valence-electron chi connectivity index (χ2n) is 3.77. The summed E-state index contributed by atoms with van der Waals surface area (Å²) in [5.41, 5.74) is 1.39. The summed E-state index contributed by atoms with van der Waals surface area (Å²) >= 11 is 12.1. The highest BCUT2D eigenvalue weighted by atomic mass is 35.5. The Hall–Kier alpha value is -1.76. The molecule has 0 saturated carbocycles. The minimum atomic E-state index is -0.449. The van der Waals surface area contributed by atoms with Crippen molar-refractivity contribution in [1.82, 2.24) is 0 Å². The first-order chi connectivity index (χ1) is 8.49. The van der Waals surface area contributed by atoms with Gasteiger partial charge in [0.1, 0.15) is 11.6 Å². The molecule has 0 bridgehead atoms. The minimum absolute atomic E-state index is 0.0657. The summed E-state index contributed by atoms with van der Waals surface area (Å²) in [5, 5.41) is 9.64. The van der Waals surface area contributed by atoms with E-state index in [1.165, 1.54) is 4.90 Å². The monoisotopic (exact) mass is 278 g/mol. The SMILES string of the molecule is C=C1C(C)=C(C#N)C(=O)N1c1c(Cl)cccc1Cl. The fourth-order valence-electron chi connectivity index (χ4n) is 1.78. The molecule has 2 rings (SSSR count). The summed E-state index contributed by atoms with van der Waals surface area (Å²) in [5.74, 6) is -0.449. The highest BCUT2D eigenvalue weighted by molar-refractivity contribution is 6.40. The first kappa shape index (κ1) is 12.7. The van der Waals surface area contributed by atoms with Gasteiger partial charge in [-0.3, -0.25) is 9.69 Å². The molecular weight excluding hydrogens is 271 g/mol. The van der Waals surface area contributed by atoms with Gasteiger partial charge in [-0.15, -0.1) is 0 Å². The molecule has 0 spiro atoms. The number of hydrogen-bond acceptors (Lipinski definition) is 2. The number of anilines is 1. The first-order valence-electron chi connectivity index (χ1n) is 5.07. The van der Waals surface area contributed by atoms with Gasteiger partial charge < -0.3 is 0 Å². The van der Waals surface area contributed by atoms with Gasteiger partial charge in [-0.25, -0.2) is 0 Å². The van der Waals surface area contributed by atoms with Crippen molar-refractivity contribution in [1.29, 1.82) is 5.26 Å². The van der Waals surface area contributed by atoms with Crippen LogP contribution in [0.3, 0.4) is 0 Å². The van der Waals surface area contributed by atoms with Gasteiger partial charge in [-0.2, -0.15) is 5.26 Å². The maximum Gasteiger partial charge on any atom is 0.273 e. The van der Waals surface area contributed by atoms with E-state index >= 15 is 0 Å². The van der Waals surface area contributed by atoms with Gasteiger partial charge >= 0.3 is 0 Å². The Kier molecular flexibility index (Phi) is 3.16. The number of benzene rings is 1. The summed E-state index contributed by atoms with van der Waals surface area (Å²) in [6.45, 7) is 5.47. The smallest absolute Gasteiger partial charge is 0.273 e. The third-order valence-electron chi connectivity index (χ3n) is 2.77. The van der Waals surface area contributed by atoms with E-state index < -0.39 is 5.91 Å². The van der Waals surface area contributed by atoms with Gasteiger partial charge in [0.15, 0.2) is 0 Å². The molecule has 18 heavy (non-hydrogen) atoms. The number of nitriles is 1. The number of para-hydroxylation sites is 1. The molecule has 0 fully saturated rings. The number of amides is 1. The van der Waals surface area contributed by atoms with Crippen LogP contribution in [0.4, 0.5) is 5.69 Å². The van der Waals surface area contributed by atoms with Gasteiger partial charge in [-0.05, 0) is 24.6 Å². The van der Waals surface area contributed by atoms with Crippen LogP contribution in [-0.4, -0.2) is 5.91 Å². The van der Waals surface area contributed by atoms with Crippen LogP contribution in [0.5, 0.6) is 0 Å². The summed E-state index contributed by atoms with van der Waals surface area (Å²) < 4.78 is 0. The lowest BCUT2D eigenvalue weighted by Crippen LogP contribution is -2.25. The van der Waals surface area contributed by atoms with Gasteiger partial charge in [0.05, 0.1) is 15.7 Å². The van der Waals surface area contributed by atoms with Crippen molar-refractivity contribution in [3.63, 3.8) is 0 Å². The summed E-state index contributed by atoms with van der Waals surface area (Å²) in [6.07, 6.45) is 0. The fraction of sp³-hybridized carbons (Fsp3) is 0.0769. The molecule has 1 aliphatic rings. The van der Waals surface area contributed by atoms with Crippen molar-refractivity contribution in [2.75, 3.05) is 4.90 Å². The van der Waals surface area contributed by atoms with Crippen LogP contribution in [0.1, 0.15) is 6.92 Å². The minimum Gasteiger partial charge on any atom is -0.274 e. The predicted octanol–water partition coefficient (Wildman–Crippen LogP) is 3.69. The molecule has 1 heterocycles. The van der Waals surface area contributed by atoms with E-state index in [0.717, 1.165) is 0 Å². The molecule has 90 valence electrons. The average molecular weight is 279 g/mol. The molecular formula is C13H8Cl2N2O. The van der Waals surface area contributed by atoms with Crippen LogP contribution in [0.15, 0.2) is 41.6 Å². The third kappa shape index (κ3) is 1.71. The second-order valence-corrected chi connectivity index (χ2v) is 4.58. The van der Waals surface area contributed by atoms with Gasteiger partial charge in [0.25, 0.3) is 5.91 Å². The van der Waals surface area contributed by atoms with Crippen LogP contribution in [0.2, 0.25) is 10.0 Å². The van der Waals surface area contributed by atoms with Crippen molar-refractivity contribution in [3.05, 3.63) is 51.7 Å². The number of halogens is 2. The number of allylic oxidation sites excluding steroid dienone is 1. The van der Waals surface area contributed by atoms with Gasteiger partial charge in [0, 0.05) is 5.70 Å². The molecule has 0 radical (unpaired) electrons. The normalized spacial score (nSPS) is 15.3. The van der Waals surface area contributed by atoms with E-state index in [0.29, 0.717) is 27.0 Å². The molecule has 0 atom stereocenters. The number of carbonyl (C=O) groups excluding carboxylic acids is 1. The molecule has 3 nitrogen and oxygen atoms in total. The van der Waals surface area contributed by atoms with E-state index in [-0.39, 0.29) is 5.57 Å². The summed E-state index contributed by atoms with van der Waals surface area (Å²) in [7, 11) is 0. The molecule has 1 aromatic carbocycles. The van der Waals surface area contributed by atoms with E-state index in [4.69, 9.17) is 28.5 Å². The topological polar surface area (TPSA) is 44.1 Å². The molecule has 0 N–H and O–H groups in total. The second kappa shape index (κ2) is 4.49. The molecule has 0 aromatic heterocycles. The molecule has 1 amide bonds. The van der Waals surface area contributed by atoms with Crippen molar-refractivity contribution >= 4 is 34.8 Å². The van der Waals surface area contributed by atoms with Crippen molar-refractivity contribution < 1.29 is 4.79 Å². The van der Waals surface area contributed by atoms with Gasteiger partial charge in [-0.1, -0.05) is 35.8 Å². The van der Waals surface area contributed by atoms with Crippen LogP contribution >= 0.6 is 23.2 Å². The zero-order valence-electron chi connectivity index (χ0n) is 9.50. The molecule has 0 saturated heterocycles. The van der Waals surface area contributed by atoms with E-state index in [2.05, 4.69) is 6.58 Å². The zero-order chi connectivity index (χ0) is 13.4. The highest BCUT2D eigenvalue weighted by Gasteiger charge is 2.34. The Balaban J connectivity index is 2.60. The lowest BCUT2D eigenvalue weighted by molar-refractivity contribution is -0.113. The molecule has 0 aliphatic carbocycles. The highest BCUT2D eigenvalue weighted by Crippen LogP contribution is 2.40. The lowest BCUT2D eigenvalue weighted by atomic mass is 10.2. The summed E-state index contributed by atoms with van der Waals surface area (Å²) in [4.78, 5) is 13.4. The Morgan fingerprint density at radius 1 is 1.33 bits per heavy atom. The van der Waals surface area contributed by atoms with Gasteiger partial charge in [0.2, 0.25) is 0 Å². The Morgan fingerprint density at radius 2 is 1.89 bits per heavy atom. The lowest BCUT2D eigenvalue weighted by Gasteiger charge is -2.20. The molecule has 5 heteroatoms. The number of carbonyl (C=O) groups is 1.